The highest BCUT2D eigenvalue weighted by Crippen LogP contribution is 2.66. The number of rotatable bonds is 2. The summed E-state index contributed by atoms with van der Waals surface area (Å²) in [6.07, 6.45) is 9.87. The lowest BCUT2D eigenvalue weighted by Gasteiger charge is -2.58. The lowest BCUT2D eigenvalue weighted by atomic mass is 9.46. The quantitative estimate of drug-likeness (QED) is 0.500. The Bertz CT molecular complexity index is 642. The summed E-state index contributed by atoms with van der Waals surface area (Å²) < 4.78 is 0. The van der Waals surface area contributed by atoms with Crippen molar-refractivity contribution in [3.8, 4) is 0 Å². The van der Waals surface area contributed by atoms with Gasteiger partial charge in [-0.15, -0.1) is 0 Å². The first-order valence-corrected chi connectivity index (χ1v) is 11.8. The zero-order valence-electron chi connectivity index (χ0n) is 15.2. The molecule has 0 aromatic rings. The van der Waals surface area contributed by atoms with E-state index in [9.17, 15) is 9.59 Å². The van der Waals surface area contributed by atoms with E-state index >= 15 is 0 Å². The van der Waals surface area contributed by atoms with E-state index < -0.39 is 0 Å². The molecule has 4 rings (SSSR count). The summed E-state index contributed by atoms with van der Waals surface area (Å²) >= 11 is 7.03. The Labute approximate surface area is 167 Å². The van der Waals surface area contributed by atoms with Crippen LogP contribution < -0.4 is 0 Å². The third-order valence-corrected chi connectivity index (χ3v) is 9.81. The minimum atomic E-state index is -0.0142. The maximum Gasteiger partial charge on any atom is 0.169 e. The van der Waals surface area contributed by atoms with Crippen molar-refractivity contribution in [3.63, 3.8) is 0 Å². The van der Waals surface area contributed by atoms with Crippen molar-refractivity contribution in [2.45, 2.75) is 63.6 Å². The van der Waals surface area contributed by atoms with E-state index in [0.717, 1.165) is 25.2 Å². The number of carbonyl (C=O) groups excluding carboxylic acids is 2. The summed E-state index contributed by atoms with van der Waals surface area (Å²) in [6, 6.07) is 0. The van der Waals surface area contributed by atoms with Crippen LogP contribution in [0, 0.1) is 34.5 Å². The third kappa shape index (κ3) is 2.60. The molecule has 0 aromatic carbocycles. The first-order valence-electron chi connectivity index (χ1n) is 9.79. The minimum Gasteiger partial charge on any atom is -0.298 e. The third-order valence-electron chi connectivity index (χ3n) is 8.48. The van der Waals surface area contributed by atoms with E-state index in [1.54, 1.807) is 0 Å². The molecule has 138 valence electrons. The summed E-state index contributed by atoms with van der Waals surface area (Å²) in [4.78, 5) is 24.7. The standard InChI is InChI=1S/C21H28Br2O2/c1-20-8-7-15-13(14(20)5-6-16(20)19(25)11-22)4-3-12-9-18(24)17(23)10-21(12,15)2/h9,13-17H,3-8,10-11H2,1-2H3/t13-,14-,15-,16+,17?,20-,21-/m0/s1. The van der Waals surface area contributed by atoms with Crippen molar-refractivity contribution in [1.82, 2.24) is 0 Å². The second-order valence-electron chi connectivity index (χ2n) is 9.35. The maximum atomic E-state index is 12.5. The Kier molecular flexibility index (Phi) is 4.63. The number of hydrogen-bond donors (Lipinski definition) is 0. The number of ketones is 2. The van der Waals surface area contributed by atoms with E-state index in [1.807, 2.05) is 6.08 Å². The molecule has 0 spiro atoms. The number of halogens is 2. The molecule has 0 aromatic heterocycles. The van der Waals surface area contributed by atoms with E-state index in [4.69, 9.17) is 0 Å². The number of alkyl halides is 2. The Morgan fingerprint density at radius 3 is 2.68 bits per heavy atom. The molecule has 2 nitrogen and oxygen atoms in total. The van der Waals surface area contributed by atoms with Crippen molar-refractivity contribution >= 4 is 43.4 Å². The van der Waals surface area contributed by atoms with Crippen LogP contribution >= 0.6 is 31.9 Å². The van der Waals surface area contributed by atoms with Crippen LogP contribution in [-0.2, 0) is 9.59 Å². The molecule has 4 heteroatoms. The van der Waals surface area contributed by atoms with Crippen molar-refractivity contribution in [3.05, 3.63) is 11.6 Å². The first kappa shape index (κ1) is 18.4. The molecule has 25 heavy (non-hydrogen) atoms. The van der Waals surface area contributed by atoms with Gasteiger partial charge in [0.05, 0.1) is 10.2 Å². The van der Waals surface area contributed by atoms with Gasteiger partial charge in [-0.05, 0) is 79.6 Å². The van der Waals surface area contributed by atoms with Crippen LogP contribution in [0.1, 0.15) is 58.8 Å². The normalized spacial score (nSPS) is 49.0. The van der Waals surface area contributed by atoms with Crippen LogP contribution in [0.15, 0.2) is 11.6 Å². The molecular weight excluding hydrogens is 444 g/mol. The summed E-state index contributed by atoms with van der Waals surface area (Å²) in [5, 5.41) is 0.506. The van der Waals surface area contributed by atoms with Gasteiger partial charge in [0.15, 0.2) is 5.78 Å². The average Bonchev–Trinajstić information content (AvgIpc) is 2.93. The van der Waals surface area contributed by atoms with Gasteiger partial charge >= 0.3 is 0 Å². The van der Waals surface area contributed by atoms with Crippen molar-refractivity contribution < 1.29 is 9.59 Å². The molecule has 0 N–H and O–H groups in total. The Balaban J connectivity index is 1.65. The monoisotopic (exact) mass is 470 g/mol. The molecule has 7 atom stereocenters. The molecule has 0 radical (unpaired) electrons. The second kappa shape index (κ2) is 6.29. The lowest BCUT2D eigenvalue weighted by molar-refractivity contribution is -0.128. The van der Waals surface area contributed by atoms with Gasteiger partial charge in [0.2, 0.25) is 0 Å². The van der Waals surface area contributed by atoms with Gasteiger partial charge in [0, 0.05) is 5.92 Å². The molecule has 4 aliphatic rings. The Hall–Kier alpha value is 0.0400. The summed E-state index contributed by atoms with van der Waals surface area (Å²) in [6.45, 7) is 4.81. The molecule has 4 aliphatic carbocycles. The molecule has 0 bridgehead atoms. The van der Waals surface area contributed by atoms with Crippen LogP contribution in [0.5, 0.6) is 0 Å². The topological polar surface area (TPSA) is 34.1 Å². The fraction of sp³-hybridized carbons (Fsp3) is 0.810. The molecule has 0 heterocycles. The zero-order valence-corrected chi connectivity index (χ0v) is 18.4. The lowest BCUT2D eigenvalue weighted by Crippen LogP contribution is -2.52. The van der Waals surface area contributed by atoms with Crippen LogP contribution in [0.2, 0.25) is 0 Å². The van der Waals surface area contributed by atoms with Crippen LogP contribution in [0.25, 0.3) is 0 Å². The summed E-state index contributed by atoms with van der Waals surface area (Å²) in [7, 11) is 0. The fourth-order valence-corrected chi connectivity index (χ4v) is 8.40. The van der Waals surface area contributed by atoms with Gasteiger partial charge in [0.25, 0.3) is 0 Å². The van der Waals surface area contributed by atoms with E-state index in [1.165, 1.54) is 31.3 Å². The molecule has 0 saturated heterocycles. The van der Waals surface area contributed by atoms with Gasteiger partial charge < -0.3 is 0 Å². The van der Waals surface area contributed by atoms with Crippen molar-refractivity contribution in [2.75, 3.05) is 5.33 Å². The van der Waals surface area contributed by atoms with Gasteiger partial charge in [-0.2, -0.15) is 0 Å². The predicted octanol–water partition coefficient (Wildman–Crippen LogP) is 5.47. The fourth-order valence-electron chi connectivity index (χ4n) is 7.20. The van der Waals surface area contributed by atoms with E-state index in [0.29, 0.717) is 22.9 Å². The first-order chi connectivity index (χ1) is 11.8. The Morgan fingerprint density at radius 1 is 1.20 bits per heavy atom. The summed E-state index contributed by atoms with van der Waals surface area (Å²) in [5.41, 5.74) is 1.77. The number of carbonyl (C=O) groups is 2. The molecule has 1 unspecified atom stereocenters. The largest absolute Gasteiger partial charge is 0.298 e. The van der Waals surface area contributed by atoms with Crippen LogP contribution in [0.4, 0.5) is 0 Å². The van der Waals surface area contributed by atoms with Gasteiger partial charge in [-0.3, -0.25) is 9.59 Å². The highest BCUT2D eigenvalue weighted by Gasteiger charge is 2.60. The molecule has 3 fully saturated rings. The zero-order chi connectivity index (χ0) is 18.0. The van der Waals surface area contributed by atoms with Crippen molar-refractivity contribution in [2.24, 2.45) is 34.5 Å². The summed E-state index contributed by atoms with van der Waals surface area (Å²) in [5.74, 6) is 3.01. The molecule has 0 amide bonds. The van der Waals surface area contributed by atoms with Gasteiger partial charge in [-0.1, -0.05) is 51.3 Å². The number of Topliss-reactive ketones (excluding diaryl/α,β-unsaturated/α-hetero) is 1. The average molecular weight is 472 g/mol. The van der Waals surface area contributed by atoms with Gasteiger partial charge in [-0.25, -0.2) is 0 Å². The minimum absolute atomic E-state index is 0.0142. The maximum absolute atomic E-state index is 12.5. The predicted molar refractivity (Wildman–Crippen MR) is 107 cm³/mol. The molecular formula is C21H28Br2O2. The van der Waals surface area contributed by atoms with Crippen LogP contribution in [0.3, 0.4) is 0 Å². The Morgan fingerprint density at radius 2 is 1.96 bits per heavy atom. The second-order valence-corrected chi connectivity index (χ2v) is 11.0. The highest BCUT2D eigenvalue weighted by molar-refractivity contribution is 9.10. The van der Waals surface area contributed by atoms with E-state index in [-0.39, 0.29) is 27.4 Å². The number of hydrogen-bond acceptors (Lipinski definition) is 2. The van der Waals surface area contributed by atoms with E-state index in [2.05, 4.69) is 45.7 Å². The highest BCUT2D eigenvalue weighted by atomic mass is 79.9. The van der Waals surface area contributed by atoms with Crippen molar-refractivity contribution in [1.29, 1.82) is 0 Å². The number of allylic oxidation sites excluding steroid dienone is 1. The van der Waals surface area contributed by atoms with Gasteiger partial charge in [0.1, 0.15) is 5.78 Å². The number of fused-ring (bicyclic) bond motifs is 5. The smallest absolute Gasteiger partial charge is 0.169 e. The SMILES string of the molecule is C[C@]12CC[C@H]3[C@@H](CCC4=CC(=O)C(Br)C[C@@]43C)[C@@H]1CC[C@@H]2C(=O)CBr. The van der Waals surface area contributed by atoms with Crippen LogP contribution in [-0.4, -0.2) is 21.7 Å². The molecule has 3 saturated carbocycles. The molecule has 0 aliphatic heterocycles.